The van der Waals surface area contributed by atoms with Gasteiger partial charge in [0, 0.05) is 23.7 Å². The number of nitrogens with one attached hydrogen (secondary N) is 1. The highest BCUT2D eigenvalue weighted by molar-refractivity contribution is 7.98. The van der Waals surface area contributed by atoms with Gasteiger partial charge in [-0.1, -0.05) is 11.8 Å². The van der Waals surface area contributed by atoms with Crippen LogP contribution in [0.4, 0.5) is 0 Å². The molecule has 1 aliphatic carbocycles. The Balaban J connectivity index is 1.83. The van der Waals surface area contributed by atoms with Crippen LogP contribution in [0.25, 0.3) is 0 Å². The molecular weight excluding hydrogens is 270 g/mol. The molecule has 1 aliphatic rings. The van der Waals surface area contributed by atoms with Crippen LogP contribution in [0.15, 0.2) is 22.3 Å². The third kappa shape index (κ3) is 2.50. The molecule has 5 heteroatoms. The number of pyridine rings is 1. The van der Waals surface area contributed by atoms with Gasteiger partial charge in [-0.05, 0) is 49.8 Å². The van der Waals surface area contributed by atoms with Gasteiger partial charge in [-0.3, -0.25) is 9.78 Å². The van der Waals surface area contributed by atoms with E-state index in [1.165, 1.54) is 16.7 Å². The molecule has 0 saturated heterocycles. The minimum absolute atomic E-state index is 0.0400. The van der Waals surface area contributed by atoms with Gasteiger partial charge >= 0.3 is 0 Å². The molecule has 0 amide bonds. The Bertz CT molecular complexity index is 689. The van der Waals surface area contributed by atoms with Crippen molar-refractivity contribution >= 4 is 11.8 Å². The highest BCUT2D eigenvalue weighted by Gasteiger charge is 2.17. The van der Waals surface area contributed by atoms with Crippen molar-refractivity contribution < 1.29 is 0 Å². The molecule has 0 spiro atoms. The first-order chi connectivity index (χ1) is 9.65. The number of H-pyrrole nitrogens is 1. The van der Waals surface area contributed by atoms with Crippen molar-refractivity contribution in [3.8, 4) is 0 Å². The van der Waals surface area contributed by atoms with E-state index in [-0.39, 0.29) is 5.56 Å². The fourth-order valence-corrected chi connectivity index (χ4v) is 3.66. The smallest absolute Gasteiger partial charge is 0.254 e. The number of aryl methyl sites for hydroxylation is 3. The van der Waals surface area contributed by atoms with Crippen molar-refractivity contribution in [3.05, 3.63) is 50.7 Å². The standard InChI is InChI=1S/C15H17N3OS/c1-9-6-16-7-10(2)12(9)8-20-15-17-13-5-3-4-11(13)14(19)18-15/h6-7H,3-5,8H2,1-2H3,(H,17,18,19). The number of fused-ring (bicyclic) bond motifs is 1. The fourth-order valence-electron chi connectivity index (χ4n) is 2.58. The molecule has 2 aromatic heterocycles. The van der Waals surface area contributed by atoms with Crippen LogP contribution in [0.3, 0.4) is 0 Å². The van der Waals surface area contributed by atoms with Gasteiger partial charge in [0.15, 0.2) is 5.16 Å². The van der Waals surface area contributed by atoms with Crippen LogP contribution >= 0.6 is 11.8 Å². The van der Waals surface area contributed by atoms with E-state index in [9.17, 15) is 4.79 Å². The summed E-state index contributed by atoms with van der Waals surface area (Å²) in [6.45, 7) is 4.13. The third-order valence-corrected chi connectivity index (χ3v) is 4.66. The summed E-state index contributed by atoms with van der Waals surface area (Å²) < 4.78 is 0. The number of aromatic nitrogens is 3. The van der Waals surface area contributed by atoms with E-state index >= 15 is 0 Å². The van der Waals surface area contributed by atoms with Crippen LogP contribution in [-0.4, -0.2) is 15.0 Å². The lowest BCUT2D eigenvalue weighted by Gasteiger charge is -2.08. The average Bonchev–Trinajstić information content (AvgIpc) is 2.87. The molecule has 0 saturated carbocycles. The summed E-state index contributed by atoms with van der Waals surface area (Å²) in [5.74, 6) is 0.807. The highest BCUT2D eigenvalue weighted by Crippen LogP contribution is 2.24. The van der Waals surface area contributed by atoms with Gasteiger partial charge in [0.1, 0.15) is 0 Å². The van der Waals surface area contributed by atoms with Crippen molar-refractivity contribution in [1.82, 2.24) is 15.0 Å². The SMILES string of the molecule is Cc1cncc(C)c1CSc1nc2c(c(=O)[nH]1)CCC2. The predicted molar refractivity (Wildman–Crippen MR) is 80.2 cm³/mol. The minimum Gasteiger partial charge on any atom is -0.301 e. The lowest BCUT2D eigenvalue weighted by Crippen LogP contribution is -2.15. The predicted octanol–water partition coefficient (Wildman–Crippen LogP) is 2.56. The van der Waals surface area contributed by atoms with Gasteiger partial charge in [0.2, 0.25) is 0 Å². The molecule has 3 rings (SSSR count). The molecule has 4 nitrogen and oxygen atoms in total. The number of thioether (sulfide) groups is 1. The first-order valence-electron chi connectivity index (χ1n) is 6.80. The minimum atomic E-state index is 0.0400. The van der Waals surface area contributed by atoms with Crippen molar-refractivity contribution in [2.24, 2.45) is 0 Å². The molecule has 104 valence electrons. The second kappa shape index (κ2) is 5.40. The van der Waals surface area contributed by atoms with Crippen LogP contribution in [0.2, 0.25) is 0 Å². The summed E-state index contributed by atoms with van der Waals surface area (Å²) in [6.07, 6.45) is 6.59. The highest BCUT2D eigenvalue weighted by atomic mass is 32.2. The second-order valence-corrected chi connectivity index (χ2v) is 6.15. The van der Waals surface area contributed by atoms with E-state index in [2.05, 4.69) is 28.8 Å². The molecule has 0 unspecified atom stereocenters. The van der Waals surface area contributed by atoms with E-state index in [0.717, 1.165) is 41.4 Å². The molecule has 0 aliphatic heterocycles. The summed E-state index contributed by atoms with van der Waals surface area (Å²) in [6, 6.07) is 0. The molecule has 0 bridgehead atoms. The number of hydrogen-bond acceptors (Lipinski definition) is 4. The maximum Gasteiger partial charge on any atom is 0.254 e. The Labute approximate surface area is 122 Å². The van der Waals surface area contributed by atoms with Crippen LogP contribution in [0.1, 0.15) is 34.4 Å². The van der Waals surface area contributed by atoms with Crippen molar-refractivity contribution in [2.75, 3.05) is 0 Å². The second-order valence-electron chi connectivity index (χ2n) is 5.19. The van der Waals surface area contributed by atoms with Gasteiger partial charge in [0.05, 0.1) is 5.69 Å². The lowest BCUT2D eigenvalue weighted by molar-refractivity contribution is 0.869. The first-order valence-corrected chi connectivity index (χ1v) is 7.78. The summed E-state index contributed by atoms with van der Waals surface area (Å²) in [7, 11) is 0. The normalized spacial score (nSPS) is 13.5. The molecule has 1 N–H and O–H groups in total. The van der Waals surface area contributed by atoms with Crippen LogP contribution < -0.4 is 5.56 Å². The molecular formula is C15H17N3OS. The lowest BCUT2D eigenvalue weighted by atomic mass is 10.1. The van der Waals surface area contributed by atoms with Gasteiger partial charge in [-0.15, -0.1) is 0 Å². The molecule has 2 aromatic rings. The third-order valence-electron chi connectivity index (χ3n) is 3.76. The quantitative estimate of drug-likeness (QED) is 0.696. The van der Waals surface area contributed by atoms with Gasteiger partial charge < -0.3 is 4.98 Å². The monoisotopic (exact) mass is 287 g/mol. The van der Waals surface area contributed by atoms with E-state index in [1.54, 1.807) is 11.8 Å². The summed E-state index contributed by atoms with van der Waals surface area (Å²) in [5, 5.41) is 0.728. The van der Waals surface area contributed by atoms with E-state index < -0.39 is 0 Å². The molecule has 2 heterocycles. The van der Waals surface area contributed by atoms with E-state index in [4.69, 9.17) is 0 Å². The largest absolute Gasteiger partial charge is 0.301 e. The van der Waals surface area contributed by atoms with Crippen molar-refractivity contribution in [3.63, 3.8) is 0 Å². The average molecular weight is 287 g/mol. The molecule has 0 atom stereocenters. The molecule has 0 aromatic carbocycles. The zero-order chi connectivity index (χ0) is 14.1. The van der Waals surface area contributed by atoms with Crippen LogP contribution in [-0.2, 0) is 18.6 Å². The topological polar surface area (TPSA) is 58.6 Å². The maximum atomic E-state index is 12.0. The number of rotatable bonds is 3. The van der Waals surface area contributed by atoms with Crippen molar-refractivity contribution in [2.45, 2.75) is 44.0 Å². The molecule has 20 heavy (non-hydrogen) atoms. The Morgan fingerprint density at radius 2 is 2.00 bits per heavy atom. The first kappa shape index (κ1) is 13.4. The Kier molecular flexibility index (Phi) is 3.61. The Morgan fingerprint density at radius 3 is 2.75 bits per heavy atom. The van der Waals surface area contributed by atoms with E-state index in [0.29, 0.717) is 0 Å². The molecule has 0 fully saturated rings. The molecule has 0 radical (unpaired) electrons. The zero-order valence-corrected chi connectivity index (χ0v) is 12.5. The van der Waals surface area contributed by atoms with E-state index in [1.807, 2.05) is 12.4 Å². The summed E-state index contributed by atoms with van der Waals surface area (Å²) in [5.41, 5.74) is 5.54. The fraction of sp³-hybridized carbons (Fsp3) is 0.400. The Hall–Kier alpha value is -1.62. The number of hydrogen-bond donors (Lipinski definition) is 1. The van der Waals surface area contributed by atoms with Crippen LogP contribution in [0, 0.1) is 13.8 Å². The zero-order valence-electron chi connectivity index (χ0n) is 11.7. The Morgan fingerprint density at radius 1 is 1.25 bits per heavy atom. The number of aromatic amines is 1. The van der Waals surface area contributed by atoms with Gasteiger partial charge in [-0.2, -0.15) is 0 Å². The van der Waals surface area contributed by atoms with Crippen molar-refractivity contribution in [1.29, 1.82) is 0 Å². The van der Waals surface area contributed by atoms with Gasteiger partial charge in [-0.25, -0.2) is 4.98 Å². The maximum absolute atomic E-state index is 12.0. The van der Waals surface area contributed by atoms with Gasteiger partial charge in [0.25, 0.3) is 5.56 Å². The summed E-state index contributed by atoms with van der Waals surface area (Å²) in [4.78, 5) is 23.6. The van der Waals surface area contributed by atoms with Crippen LogP contribution in [0.5, 0.6) is 0 Å². The summed E-state index contributed by atoms with van der Waals surface area (Å²) >= 11 is 1.59. The number of nitrogens with zero attached hydrogens (tertiary/aromatic N) is 2.